The van der Waals surface area contributed by atoms with E-state index in [9.17, 15) is 4.79 Å². The molecule has 0 amide bonds. The Bertz CT molecular complexity index is 377. The van der Waals surface area contributed by atoms with Crippen LogP contribution in [0.1, 0.15) is 36.6 Å². The van der Waals surface area contributed by atoms with E-state index in [0.717, 1.165) is 5.76 Å². The number of furan rings is 1. The van der Waals surface area contributed by atoms with Gasteiger partial charge in [-0.1, -0.05) is 0 Å². The fourth-order valence-electron chi connectivity index (χ4n) is 1.46. The summed E-state index contributed by atoms with van der Waals surface area (Å²) in [5.74, 6) is 1.10. The summed E-state index contributed by atoms with van der Waals surface area (Å²) in [6.07, 6.45) is 1.19. The van der Waals surface area contributed by atoms with Gasteiger partial charge in [0.1, 0.15) is 5.76 Å². The quantitative estimate of drug-likeness (QED) is 0.690. The lowest BCUT2D eigenvalue weighted by atomic mass is 10.2. The molecule has 0 aliphatic carbocycles. The maximum atomic E-state index is 10.5. The van der Waals surface area contributed by atoms with Crippen molar-refractivity contribution >= 4 is 6.29 Å². The summed E-state index contributed by atoms with van der Waals surface area (Å²) in [7, 11) is 0. The number of rotatable bonds is 6. The van der Waals surface area contributed by atoms with Crippen LogP contribution in [0, 0.1) is 11.3 Å². The first-order valence-corrected chi connectivity index (χ1v) is 5.32. The Balaban J connectivity index is 2.60. The van der Waals surface area contributed by atoms with Crippen LogP contribution in [0.4, 0.5) is 0 Å². The SMILES string of the molecule is CC(C)N(CCC#N)Cc1ccc(C=O)o1. The number of aldehydes is 1. The Kier molecular flexibility index (Phi) is 4.74. The Hall–Kier alpha value is -1.60. The predicted octanol–water partition coefficient (Wildman–Crippen LogP) is 2.22. The predicted molar refractivity (Wildman–Crippen MR) is 59.9 cm³/mol. The highest BCUT2D eigenvalue weighted by atomic mass is 16.3. The van der Waals surface area contributed by atoms with Gasteiger partial charge in [0.25, 0.3) is 0 Å². The van der Waals surface area contributed by atoms with Gasteiger partial charge < -0.3 is 4.42 Å². The zero-order chi connectivity index (χ0) is 12.0. The Labute approximate surface area is 95.5 Å². The van der Waals surface area contributed by atoms with Crippen LogP contribution in [-0.4, -0.2) is 23.8 Å². The van der Waals surface area contributed by atoms with Crippen molar-refractivity contribution in [2.24, 2.45) is 0 Å². The van der Waals surface area contributed by atoms with Crippen molar-refractivity contribution in [3.63, 3.8) is 0 Å². The summed E-state index contributed by atoms with van der Waals surface area (Å²) >= 11 is 0. The molecule has 0 saturated heterocycles. The molecular formula is C12H16N2O2. The monoisotopic (exact) mass is 220 g/mol. The van der Waals surface area contributed by atoms with E-state index in [-0.39, 0.29) is 0 Å². The summed E-state index contributed by atoms with van der Waals surface area (Å²) < 4.78 is 5.30. The molecule has 1 rings (SSSR count). The molecular weight excluding hydrogens is 204 g/mol. The van der Waals surface area contributed by atoms with Gasteiger partial charge in [-0.3, -0.25) is 9.69 Å². The van der Waals surface area contributed by atoms with E-state index in [2.05, 4.69) is 24.8 Å². The van der Waals surface area contributed by atoms with Gasteiger partial charge in [0.2, 0.25) is 0 Å². The largest absolute Gasteiger partial charge is 0.457 e. The molecule has 0 saturated carbocycles. The van der Waals surface area contributed by atoms with Crippen LogP contribution in [0.5, 0.6) is 0 Å². The molecule has 86 valence electrons. The van der Waals surface area contributed by atoms with Crippen LogP contribution in [0.15, 0.2) is 16.5 Å². The fourth-order valence-corrected chi connectivity index (χ4v) is 1.46. The molecule has 0 bridgehead atoms. The number of nitriles is 1. The van der Waals surface area contributed by atoms with Crippen LogP contribution >= 0.6 is 0 Å². The van der Waals surface area contributed by atoms with Gasteiger partial charge in [-0.05, 0) is 26.0 Å². The molecule has 0 radical (unpaired) electrons. The average molecular weight is 220 g/mol. The minimum Gasteiger partial charge on any atom is -0.457 e. The topological polar surface area (TPSA) is 57.2 Å². The Morgan fingerprint density at radius 1 is 1.56 bits per heavy atom. The standard InChI is InChI=1S/C12H16N2O2/c1-10(2)14(7-3-6-13)8-11-4-5-12(9-15)16-11/h4-5,9-10H,3,7-8H2,1-2H3. The van der Waals surface area contributed by atoms with Gasteiger partial charge in [-0.2, -0.15) is 5.26 Å². The molecule has 0 aliphatic rings. The zero-order valence-electron chi connectivity index (χ0n) is 9.64. The first kappa shape index (κ1) is 12.5. The molecule has 0 aromatic carbocycles. The second-order valence-corrected chi connectivity index (χ2v) is 3.89. The van der Waals surface area contributed by atoms with E-state index < -0.39 is 0 Å². The first-order valence-electron chi connectivity index (χ1n) is 5.32. The van der Waals surface area contributed by atoms with Gasteiger partial charge in [0, 0.05) is 19.0 Å². The number of hydrogen-bond acceptors (Lipinski definition) is 4. The van der Waals surface area contributed by atoms with Crippen LogP contribution < -0.4 is 0 Å². The maximum absolute atomic E-state index is 10.5. The summed E-state index contributed by atoms with van der Waals surface area (Å²) in [4.78, 5) is 12.6. The van der Waals surface area contributed by atoms with E-state index in [4.69, 9.17) is 9.68 Å². The molecule has 16 heavy (non-hydrogen) atoms. The van der Waals surface area contributed by atoms with E-state index >= 15 is 0 Å². The van der Waals surface area contributed by atoms with Crippen molar-refractivity contribution in [3.8, 4) is 6.07 Å². The number of carbonyl (C=O) groups is 1. The third-order valence-electron chi connectivity index (χ3n) is 2.40. The third kappa shape index (κ3) is 3.52. The average Bonchev–Trinajstić information content (AvgIpc) is 2.71. The van der Waals surface area contributed by atoms with Gasteiger partial charge in [-0.15, -0.1) is 0 Å². The lowest BCUT2D eigenvalue weighted by molar-refractivity contribution is 0.109. The summed E-state index contributed by atoms with van der Waals surface area (Å²) in [5.41, 5.74) is 0. The smallest absolute Gasteiger partial charge is 0.185 e. The van der Waals surface area contributed by atoms with Gasteiger partial charge in [0.15, 0.2) is 12.0 Å². The van der Waals surface area contributed by atoms with Gasteiger partial charge >= 0.3 is 0 Å². The minimum absolute atomic E-state index is 0.345. The highest BCUT2D eigenvalue weighted by Gasteiger charge is 2.12. The maximum Gasteiger partial charge on any atom is 0.185 e. The second-order valence-electron chi connectivity index (χ2n) is 3.89. The molecule has 0 aliphatic heterocycles. The van der Waals surface area contributed by atoms with Crippen LogP contribution in [-0.2, 0) is 6.54 Å². The lowest BCUT2D eigenvalue weighted by Gasteiger charge is -2.24. The summed E-state index contributed by atoms with van der Waals surface area (Å²) in [5, 5.41) is 8.56. The van der Waals surface area contributed by atoms with Crippen molar-refractivity contribution in [1.29, 1.82) is 5.26 Å². The van der Waals surface area contributed by atoms with Crippen molar-refractivity contribution in [2.45, 2.75) is 32.9 Å². The fraction of sp³-hybridized carbons (Fsp3) is 0.500. The van der Waals surface area contributed by atoms with Crippen molar-refractivity contribution in [3.05, 3.63) is 23.7 Å². The zero-order valence-corrected chi connectivity index (χ0v) is 9.64. The lowest BCUT2D eigenvalue weighted by Crippen LogP contribution is -2.30. The summed E-state index contributed by atoms with van der Waals surface area (Å²) in [6, 6.07) is 5.93. The normalized spacial score (nSPS) is 10.7. The molecule has 0 N–H and O–H groups in total. The molecule has 0 atom stereocenters. The minimum atomic E-state index is 0.345. The van der Waals surface area contributed by atoms with Crippen LogP contribution in [0.2, 0.25) is 0 Å². The van der Waals surface area contributed by atoms with E-state index in [1.807, 2.05) is 0 Å². The highest BCUT2D eigenvalue weighted by molar-refractivity contribution is 5.70. The van der Waals surface area contributed by atoms with Gasteiger partial charge in [-0.25, -0.2) is 0 Å². The molecule has 4 heteroatoms. The number of carbonyl (C=O) groups excluding carboxylic acids is 1. The molecule has 0 fully saturated rings. The number of nitrogens with zero attached hydrogens (tertiary/aromatic N) is 2. The highest BCUT2D eigenvalue weighted by Crippen LogP contribution is 2.11. The van der Waals surface area contributed by atoms with E-state index in [1.165, 1.54) is 0 Å². The Morgan fingerprint density at radius 2 is 2.31 bits per heavy atom. The number of hydrogen-bond donors (Lipinski definition) is 0. The van der Waals surface area contributed by atoms with Crippen LogP contribution in [0.3, 0.4) is 0 Å². The van der Waals surface area contributed by atoms with Crippen molar-refractivity contribution < 1.29 is 9.21 Å². The molecule has 0 spiro atoms. The van der Waals surface area contributed by atoms with E-state index in [0.29, 0.717) is 37.6 Å². The molecule has 1 aromatic heterocycles. The first-order chi connectivity index (χ1) is 7.67. The molecule has 0 unspecified atom stereocenters. The van der Waals surface area contributed by atoms with Gasteiger partial charge in [0.05, 0.1) is 12.6 Å². The Morgan fingerprint density at radius 3 is 2.81 bits per heavy atom. The molecule has 4 nitrogen and oxygen atoms in total. The second kappa shape index (κ2) is 6.09. The van der Waals surface area contributed by atoms with E-state index in [1.54, 1.807) is 12.1 Å². The summed E-state index contributed by atoms with van der Waals surface area (Å²) in [6.45, 7) is 5.49. The van der Waals surface area contributed by atoms with Crippen molar-refractivity contribution in [2.75, 3.05) is 6.54 Å². The van der Waals surface area contributed by atoms with Crippen LogP contribution in [0.25, 0.3) is 0 Å². The molecule has 1 heterocycles. The molecule has 1 aromatic rings. The van der Waals surface area contributed by atoms with Crippen molar-refractivity contribution in [1.82, 2.24) is 4.90 Å². The third-order valence-corrected chi connectivity index (χ3v) is 2.40.